The molecule has 0 aliphatic heterocycles. The van der Waals surface area contributed by atoms with E-state index in [1.54, 1.807) is 6.08 Å². The number of rotatable bonds is 2. The highest BCUT2D eigenvalue weighted by atomic mass is 16.4. The van der Waals surface area contributed by atoms with Crippen LogP contribution in [0.5, 0.6) is 0 Å². The van der Waals surface area contributed by atoms with E-state index in [1.165, 1.54) is 6.08 Å². The number of carboxylic acids is 1. The summed E-state index contributed by atoms with van der Waals surface area (Å²) in [5, 5.41) is 8.63. The van der Waals surface area contributed by atoms with Crippen LogP contribution in [0.3, 0.4) is 0 Å². The van der Waals surface area contributed by atoms with Gasteiger partial charge in [0.1, 0.15) is 0 Å². The molecule has 1 aliphatic rings. The number of carboxylic acid groups (broad SMARTS) is 1. The van der Waals surface area contributed by atoms with Gasteiger partial charge in [-0.15, -0.1) is 0 Å². The van der Waals surface area contributed by atoms with Gasteiger partial charge in [0, 0.05) is 6.08 Å². The Balaban J connectivity index is 2.99. The predicted octanol–water partition coefficient (Wildman–Crippen LogP) is 3.40. The van der Waals surface area contributed by atoms with Crippen LogP contribution in [0.1, 0.15) is 40.5 Å². The molecule has 84 valence electrons. The van der Waals surface area contributed by atoms with E-state index >= 15 is 0 Å². The molecule has 0 radical (unpaired) electrons. The van der Waals surface area contributed by atoms with Crippen molar-refractivity contribution >= 4 is 5.97 Å². The molecule has 0 aromatic heterocycles. The quantitative estimate of drug-likeness (QED) is 0.706. The average molecular weight is 208 g/mol. The third-order valence-electron chi connectivity index (χ3n) is 3.13. The van der Waals surface area contributed by atoms with Crippen LogP contribution < -0.4 is 0 Å². The van der Waals surface area contributed by atoms with E-state index in [0.29, 0.717) is 0 Å². The molecule has 1 rings (SSSR count). The van der Waals surface area contributed by atoms with Crippen molar-refractivity contribution in [2.75, 3.05) is 0 Å². The lowest BCUT2D eigenvalue weighted by molar-refractivity contribution is -0.131. The molecular formula is C13H20O2. The molecule has 1 aliphatic carbocycles. The van der Waals surface area contributed by atoms with Crippen LogP contribution >= 0.6 is 0 Å². The number of allylic oxidation sites excluding steroid dienone is 3. The Morgan fingerprint density at radius 3 is 2.47 bits per heavy atom. The van der Waals surface area contributed by atoms with Crippen LogP contribution in [0.4, 0.5) is 0 Å². The molecule has 0 saturated carbocycles. The Morgan fingerprint density at radius 2 is 1.93 bits per heavy atom. The maximum Gasteiger partial charge on any atom is 0.328 e. The van der Waals surface area contributed by atoms with Crippen molar-refractivity contribution in [2.45, 2.75) is 40.5 Å². The minimum absolute atomic E-state index is 0.0987. The van der Waals surface area contributed by atoms with Crippen LogP contribution in [0.25, 0.3) is 0 Å². The van der Waals surface area contributed by atoms with Gasteiger partial charge in [-0.1, -0.05) is 39.8 Å². The summed E-state index contributed by atoms with van der Waals surface area (Å²) in [5.41, 5.74) is 1.43. The van der Waals surface area contributed by atoms with E-state index in [9.17, 15) is 4.79 Å². The zero-order valence-corrected chi connectivity index (χ0v) is 10.0. The minimum Gasteiger partial charge on any atom is -0.478 e. The summed E-state index contributed by atoms with van der Waals surface area (Å²) in [4.78, 5) is 10.5. The molecule has 0 spiro atoms. The summed E-state index contributed by atoms with van der Waals surface area (Å²) < 4.78 is 0. The first-order valence-electron chi connectivity index (χ1n) is 5.37. The summed E-state index contributed by atoms with van der Waals surface area (Å²) in [6.07, 6.45) is 7.44. The monoisotopic (exact) mass is 208 g/mol. The third-order valence-corrected chi connectivity index (χ3v) is 3.13. The smallest absolute Gasteiger partial charge is 0.328 e. The van der Waals surface area contributed by atoms with Crippen molar-refractivity contribution in [1.82, 2.24) is 0 Å². The molecule has 0 aromatic carbocycles. The molecule has 2 heteroatoms. The van der Waals surface area contributed by atoms with Gasteiger partial charge < -0.3 is 5.11 Å². The molecule has 0 saturated heterocycles. The molecule has 0 fully saturated rings. The van der Waals surface area contributed by atoms with Gasteiger partial charge in [0.05, 0.1) is 0 Å². The Kier molecular flexibility index (Phi) is 3.08. The number of hydrogen-bond donors (Lipinski definition) is 1. The Bertz CT molecular complexity index is 319. The molecule has 1 N–H and O–H groups in total. The predicted molar refractivity (Wildman–Crippen MR) is 61.7 cm³/mol. The Labute approximate surface area is 91.7 Å². The molecule has 2 nitrogen and oxygen atoms in total. The molecule has 0 aromatic rings. The lowest BCUT2D eigenvalue weighted by Gasteiger charge is -2.37. The second kappa shape index (κ2) is 3.84. The largest absolute Gasteiger partial charge is 0.478 e. The van der Waals surface area contributed by atoms with E-state index < -0.39 is 5.97 Å². The maximum absolute atomic E-state index is 10.5. The van der Waals surface area contributed by atoms with Crippen LogP contribution in [-0.2, 0) is 4.79 Å². The first kappa shape index (κ1) is 12.0. The fourth-order valence-electron chi connectivity index (χ4n) is 1.90. The van der Waals surface area contributed by atoms with Gasteiger partial charge in [-0.3, -0.25) is 0 Å². The van der Waals surface area contributed by atoms with E-state index in [2.05, 4.69) is 33.8 Å². The Hall–Kier alpha value is -1.05. The zero-order valence-electron chi connectivity index (χ0n) is 10.0. The van der Waals surface area contributed by atoms with Gasteiger partial charge in [-0.2, -0.15) is 0 Å². The lowest BCUT2D eigenvalue weighted by atomic mass is 9.67. The summed E-state index contributed by atoms with van der Waals surface area (Å²) in [6, 6.07) is 0. The minimum atomic E-state index is -0.880. The van der Waals surface area contributed by atoms with Crippen LogP contribution in [-0.4, -0.2) is 11.1 Å². The summed E-state index contributed by atoms with van der Waals surface area (Å²) >= 11 is 0. The number of carbonyl (C=O) groups is 1. The van der Waals surface area contributed by atoms with Crippen LogP contribution in [0, 0.1) is 10.8 Å². The van der Waals surface area contributed by atoms with Crippen molar-refractivity contribution in [3.05, 3.63) is 23.8 Å². The van der Waals surface area contributed by atoms with Gasteiger partial charge in [0.25, 0.3) is 0 Å². The second-order valence-electron chi connectivity index (χ2n) is 5.64. The molecule has 0 heterocycles. The standard InChI is InChI=1S/C13H20O2/c1-12(2)7-8-13(3,4)10(9-12)5-6-11(14)15/h5-6,9H,7-8H2,1-4H3,(H,14,15)/b6-5+. The normalized spacial score (nSPS) is 23.9. The van der Waals surface area contributed by atoms with Crippen LogP contribution in [0.2, 0.25) is 0 Å². The van der Waals surface area contributed by atoms with E-state index in [0.717, 1.165) is 18.4 Å². The molecular weight excluding hydrogens is 188 g/mol. The third kappa shape index (κ3) is 3.22. The van der Waals surface area contributed by atoms with Crippen molar-refractivity contribution in [3.8, 4) is 0 Å². The molecule has 15 heavy (non-hydrogen) atoms. The fourth-order valence-corrected chi connectivity index (χ4v) is 1.90. The summed E-state index contributed by atoms with van der Waals surface area (Å²) in [6.45, 7) is 8.72. The number of hydrogen-bond acceptors (Lipinski definition) is 1. The highest BCUT2D eigenvalue weighted by Gasteiger charge is 2.31. The number of aliphatic carboxylic acids is 1. The fraction of sp³-hybridized carbons (Fsp3) is 0.615. The van der Waals surface area contributed by atoms with E-state index in [-0.39, 0.29) is 10.8 Å². The highest BCUT2D eigenvalue weighted by Crippen LogP contribution is 2.44. The summed E-state index contributed by atoms with van der Waals surface area (Å²) in [7, 11) is 0. The average Bonchev–Trinajstić information content (AvgIpc) is 2.07. The lowest BCUT2D eigenvalue weighted by Crippen LogP contribution is -2.25. The van der Waals surface area contributed by atoms with Crippen molar-refractivity contribution in [1.29, 1.82) is 0 Å². The second-order valence-corrected chi connectivity index (χ2v) is 5.64. The van der Waals surface area contributed by atoms with Crippen molar-refractivity contribution in [3.63, 3.8) is 0 Å². The van der Waals surface area contributed by atoms with Crippen molar-refractivity contribution < 1.29 is 9.90 Å². The van der Waals surface area contributed by atoms with Gasteiger partial charge in [0.2, 0.25) is 0 Å². The topological polar surface area (TPSA) is 37.3 Å². The first-order chi connectivity index (χ1) is 6.73. The van der Waals surface area contributed by atoms with Crippen molar-refractivity contribution in [2.24, 2.45) is 10.8 Å². The molecule has 0 bridgehead atoms. The molecule has 0 amide bonds. The summed E-state index contributed by atoms with van der Waals surface area (Å²) in [5.74, 6) is -0.880. The first-order valence-corrected chi connectivity index (χ1v) is 5.37. The van der Waals surface area contributed by atoms with E-state index in [4.69, 9.17) is 5.11 Å². The zero-order chi connectivity index (χ0) is 11.7. The Morgan fingerprint density at radius 1 is 1.33 bits per heavy atom. The van der Waals surface area contributed by atoms with E-state index in [1.807, 2.05) is 0 Å². The van der Waals surface area contributed by atoms with Gasteiger partial charge in [-0.05, 0) is 29.2 Å². The maximum atomic E-state index is 10.5. The molecule has 0 unspecified atom stereocenters. The van der Waals surface area contributed by atoms with Gasteiger partial charge in [0.15, 0.2) is 0 Å². The molecule has 0 atom stereocenters. The SMILES string of the molecule is CC1(C)C=C(/C=C/C(=O)O)C(C)(C)CC1. The van der Waals surface area contributed by atoms with Gasteiger partial charge in [-0.25, -0.2) is 4.79 Å². The highest BCUT2D eigenvalue weighted by molar-refractivity contribution is 5.80. The van der Waals surface area contributed by atoms with Gasteiger partial charge >= 0.3 is 5.97 Å². The van der Waals surface area contributed by atoms with Crippen LogP contribution in [0.15, 0.2) is 23.8 Å².